The zero-order chi connectivity index (χ0) is 18.1. The van der Waals surface area contributed by atoms with E-state index in [0.717, 1.165) is 16.6 Å². The molecular formula is C19H15N3O4. The van der Waals surface area contributed by atoms with Crippen molar-refractivity contribution in [1.82, 2.24) is 14.5 Å². The van der Waals surface area contributed by atoms with Gasteiger partial charge in [0.2, 0.25) is 0 Å². The molecule has 0 amide bonds. The highest BCUT2D eigenvalue weighted by Crippen LogP contribution is 2.15. The van der Waals surface area contributed by atoms with Gasteiger partial charge in [-0.1, -0.05) is 30.3 Å². The van der Waals surface area contributed by atoms with Gasteiger partial charge in [0.05, 0.1) is 11.0 Å². The lowest BCUT2D eigenvalue weighted by Crippen LogP contribution is -2.21. The van der Waals surface area contributed by atoms with Crippen molar-refractivity contribution >= 4 is 28.0 Å². The third kappa shape index (κ3) is 2.95. The summed E-state index contributed by atoms with van der Waals surface area (Å²) in [5.74, 6) is -0.743. The van der Waals surface area contributed by atoms with Gasteiger partial charge in [-0.3, -0.25) is 9.36 Å². The molecule has 4 rings (SSSR count). The molecule has 7 nitrogen and oxygen atoms in total. The molecule has 0 aliphatic rings. The lowest BCUT2D eigenvalue weighted by atomic mass is 10.2. The Morgan fingerprint density at radius 1 is 1.12 bits per heavy atom. The summed E-state index contributed by atoms with van der Waals surface area (Å²) in [5.41, 5.74) is 2.59. The summed E-state index contributed by atoms with van der Waals surface area (Å²) in [7, 11) is 0. The van der Waals surface area contributed by atoms with Crippen LogP contribution in [0.4, 0.5) is 0 Å². The van der Waals surface area contributed by atoms with Crippen LogP contribution in [0.2, 0.25) is 0 Å². The predicted molar refractivity (Wildman–Crippen MR) is 94.5 cm³/mol. The maximum absolute atomic E-state index is 12.1. The van der Waals surface area contributed by atoms with E-state index in [1.54, 1.807) is 24.3 Å². The van der Waals surface area contributed by atoms with Crippen LogP contribution in [0.5, 0.6) is 0 Å². The number of hydrogen-bond donors (Lipinski definition) is 0. The van der Waals surface area contributed by atoms with Gasteiger partial charge >= 0.3 is 11.7 Å². The predicted octanol–water partition coefficient (Wildman–Crippen LogP) is 2.59. The zero-order valence-corrected chi connectivity index (χ0v) is 14.0. The van der Waals surface area contributed by atoms with Gasteiger partial charge in [-0.25, -0.2) is 14.8 Å². The number of benzene rings is 2. The highest BCUT2D eigenvalue weighted by Gasteiger charge is 2.14. The minimum atomic E-state index is -0.596. The Labute approximate surface area is 147 Å². The molecule has 0 bridgehead atoms. The standard InChI is InChI=1S/C19H15N3O4/c1-12-13-6-2-3-7-14(13)21-17(20-12)11-25-18(23)10-22-15-8-4-5-9-16(15)26-19(22)24/h2-9H,10-11H2,1H3. The van der Waals surface area contributed by atoms with Crippen molar-refractivity contribution in [2.24, 2.45) is 0 Å². The molecule has 4 aromatic rings. The second-order valence-electron chi connectivity index (χ2n) is 5.82. The monoisotopic (exact) mass is 349 g/mol. The van der Waals surface area contributed by atoms with E-state index in [-0.39, 0.29) is 13.2 Å². The van der Waals surface area contributed by atoms with Crippen molar-refractivity contribution in [2.45, 2.75) is 20.1 Å². The molecule has 0 saturated heterocycles. The topological polar surface area (TPSA) is 87.2 Å². The third-order valence-electron chi connectivity index (χ3n) is 4.06. The SMILES string of the molecule is Cc1nc(COC(=O)Cn2c(=O)oc3ccccc32)nc2ccccc12. The Morgan fingerprint density at radius 3 is 2.77 bits per heavy atom. The fourth-order valence-corrected chi connectivity index (χ4v) is 2.84. The van der Waals surface area contributed by atoms with Crippen LogP contribution in [-0.4, -0.2) is 20.5 Å². The Bertz CT molecular complexity index is 1180. The van der Waals surface area contributed by atoms with Gasteiger partial charge in [-0.2, -0.15) is 0 Å². The van der Waals surface area contributed by atoms with Crippen molar-refractivity contribution in [2.75, 3.05) is 0 Å². The average Bonchev–Trinajstić information content (AvgIpc) is 2.96. The fraction of sp³-hybridized carbons (Fsp3) is 0.158. The molecule has 2 aromatic heterocycles. The first-order valence-corrected chi connectivity index (χ1v) is 8.08. The highest BCUT2D eigenvalue weighted by atomic mass is 16.5. The van der Waals surface area contributed by atoms with E-state index in [0.29, 0.717) is 16.9 Å². The van der Waals surface area contributed by atoms with E-state index in [4.69, 9.17) is 9.15 Å². The van der Waals surface area contributed by atoms with Crippen LogP contribution in [0.25, 0.3) is 22.0 Å². The molecule has 0 atom stereocenters. The Kier molecular flexibility index (Phi) is 3.96. The lowest BCUT2D eigenvalue weighted by molar-refractivity contribution is -0.145. The first kappa shape index (κ1) is 16.0. The molecule has 130 valence electrons. The van der Waals surface area contributed by atoms with Crippen molar-refractivity contribution < 1.29 is 13.9 Å². The number of carbonyl (C=O) groups excluding carboxylic acids is 1. The van der Waals surface area contributed by atoms with E-state index in [9.17, 15) is 9.59 Å². The van der Waals surface area contributed by atoms with Gasteiger partial charge in [0, 0.05) is 11.1 Å². The van der Waals surface area contributed by atoms with Crippen LogP contribution in [0, 0.1) is 6.92 Å². The van der Waals surface area contributed by atoms with Crippen LogP contribution < -0.4 is 5.76 Å². The van der Waals surface area contributed by atoms with Crippen LogP contribution in [0.15, 0.2) is 57.7 Å². The van der Waals surface area contributed by atoms with Crippen molar-refractivity contribution in [3.8, 4) is 0 Å². The number of fused-ring (bicyclic) bond motifs is 2. The lowest BCUT2D eigenvalue weighted by Gasteiger charge is -2.07. The molecule has 0 unspecified atom stereocenters. The Hall–Kier alpha value is -3.48. The first-order chi connectivity index (χ1) is 12.6. The number of aryl methyl sites for hydroxylation is 1. The van der Waals surface area contributed by atoms with Gasteiger partial charge in [0.1, 0.15) is 6.54 Å². The van der Waals surface area contributed by atoms with Gasteiger partial charge in [0.25, 0.3) is 0 Å². The molecule has 0 saturated carbocycles. The normalized spacial score (nSPS) is 11.1. The molecule has 2 aromatic carbocycles. The number of para-hydroxylation sites is 3. The molecule has 0 aliphatic carbocycles. The molecule has 2 heterocycles. The molecule has 0 aliphatic heterocycles. The number of carbonyl (C=O) groups is 1. The third-order valence-corrected chi connectivity index (χ3v) is 4.06. The molecule has 0 spiro atoms. The number of esters is 1. The molecule has 0 N–H and O–H groups in total. The molecule has 26 heavy (non-hydrogen) atoms. The number of nitrogens with zero attached hydrogens (tertiary/aromatic N) is 3. The van der Waals surface area contributed by atoms with Crippen molar-refractivity contribution in [3.05, 3.63) is 70.6 Å². The first-order valence-electron chi connectivity index (χ1n) is 8.08. The maximum atomic E-state index is 12.1. The number of oxazole rings is 1. The number of aromatic nitrogens is 3. The van der Waals surface area contributed by atoms with Crippen molar-refractivity contribution in [1.29, 1.82) is 0 Å². The second-order valence-corrected chi connectivity index (χ2v) is 5.82. The van der Waals surface area contributed by atoms with E-state index >= 15 is 0 Å². The average molecular weight is 349 g/mol. The van der Waals surface area contributed by atoms with Crippen LogP contribution in [-0.2, 0) is 22.7 Å². The molecular weight excluding hydrogens is 334 g/mol. The quantitative estimate of drug-likeness (QED) is 0.526. The fourth-order valence-electron chi connectivity index (χ4n) is 2.84. The van der Waals surface area contributed by atoms with Crippen LogP contribution in [0.3, 0.4) is 0 Å². The van der Waals surface area contributed by atoms with Gasteiger partial charge < -0.3 is 9.15 Å². The molecule has 7 heteroatoms. The van der Waals surface area contributed by atoms with E-state index < -0.39 is 11.7 Å². The summed E-state index contributed by atoms with van der Waals surface area (Å²) in [6.07, 6.45) is 0. The smallest absolute Gasteiger partial charge is 0.420 e. The second kappa shape index (κ2) is 6.44. The summed E-state index contributed by atoms with van der Waals surface area (Å²) < 4.78 is 11.6. The number of hydrogen-bond acceptors (Lipinski definition) is 6. The van der Waals surface area contributed by atoms with Gasteiger partial charge in [-0.15, -0.1) is 0 Å². The number of ether oxygens (including phenoxy) is 1. The number of rotatable bonds is 4. The summed E-state index contributed by atoms with van der Waals surface area (Å²) >= 11 is 0. The Balaban J connectivity index is 1.50. The Morgan fingerprint density at radius 2 is 1.88 bits per heavy atom. The molecule has 0 fully saturated rings. The summed E-state index contributed by atoms with van der Waals surface area (Å²) in [4.78, 5) is 32.8. The van der Waals surface area contributed by atoms with E-state index in [2.05, 4.69) is 9.97 Å². The minimum absolute atomic E-state index is 0.0605. The van der Waals surface area contributed by atoms with E-state index in [1.165, 1.54) is 4.57 Å². The van der Waals surface area contributed by atoms with E-state index in [1.807, 2.05) is 31.2 Å². The highest BCUT2D eigenvalue weighted by molar-refractivity contribution is 5.80. The van der Waals surface area contributed by atoms with Crippen LogP contribution in [0.1, 0.15) is 11.5 Å². The van der Waals surface area contributed by atoms with Gasteiger partial charge in [-0.05, 0) is 25.1 Å². The van der Waals surface area contributed by atoms with Crippen molar-refractivity contribution in [3.63, 3.8) is 0 Å². The summed E-state index contributed by atoms with van der Waals surface area (Å²) in [5, 5.41) is 0.957. The zero-order valence-electron chi connectivity index (χ0n) is 14.0. The maximum Gasteiger partial charge on any atom is 0.420 e. The minimum Gasteiger partial charge on any atom is -0.456 e. The largest absolute Gasteiger partial charge is 0.456 e. The van der Waals surface area contributed by atoms with Crippen LogP contribution >= 0.6 is 0 Å². The summed E-state index contributed by atoms with van der Waals surface area (Å²) in [6, 6.07) is 14.5. The van der Waals surface area contributed by atoms with Gasteiger partial charge in [0.15, 0.2) is 18.0 Å². The molecule has 0 radical (unpaired) electrons. The summed E-state index contributed by atoms with van der Waals surface area (Å²) in [6.45, 7) is 1.59.